The lowest BCUT2D eigenvalue weighted by Gasteiger charge is -2.17. The number of hydrogen-bond acceptors (Lipinski definition) is 3. The summed E-state index contributed by atoms with van der Waals surface area (Å²) in [6.07, 6.45) is 4.13. The third-order valence-electron chi connectivity index (χ3n) is 3.63. The van der Waals surface area contributed by atoms with Crippen LogP contribution in [0.25, 0.3) is 0 Å². The lowest BCUT2D eigenvalue weighted by molar-refractivity contribution is -0.128. The molecule has 1 aromatic carbocycles. The molecule has 0 saturated carbocycles. The fraction of sp³-hybridized carbons (Fsp3) is 0.250. The van der Waals surface area contributed by atoms with Crippen LogP contribution in [-0.4, -0.2) is 28.4 Å². The van der Waals surface area contributed by atoms with E-state index in [0.29, 0.717) is 13.1 Å². The molecule has 2 heterocycles. The number of amides is 1. The van der Waals surface area contributed by atoms with Gasteiger partial charge in [-0.3, -0.25) is 9.78 Å². The zero-order chi connectivity index (χ0) is 15.5. The van der Waals surface area contributed by atoms with E-state index in [0.717, 1.165) is 22.1 Å². The van der Waals surface area contributed by atoms with Crippen molar-refractivity contribution in [3.8, 4) is 0 Å². The van der Waals surface area contributed by atoms with Crippen LogP contribution in [0.15, 0.2) is 47.2 Å². The first kappa shape index (κ1) is 15.0. The van der Waals surface area contributed by atoms with E-state index >= 15 is 0 Å². The van der Waals surface area contributed by atoms with E-state index in [4.69, 9.17) is 0 Å². The molecule has 114 valence electrons. The molecule has 1 amide bonds. The van der Waals surface area contributed by atoms with Crippen LogP contribution in [0.5, 0.6) is 0 Å². The summed E-state index contributed by atoms with van der Waals surface area (Å²) in [5, 5.41) is 3.21. The first-order valence-corrected chi connectivity index (χ1v) is 7.81. The average molecular weight is 364 g/mol. The van der Waals surface area contributed by atoms with Gasteiger partial charge < -0.3 is 10.2 Å². The molecular formula is C16H15BrFN3O. The van der Waals surface area contributed by atoms with Crippen molar-refractivity contribution >= 4 is 27.5 Å². The number of hydrogen-bond donors (Lipinski definition) is 1. The smallest absolute Gasteiger partial charge is 0.245 e. The normalized spacial score (nSPS) is 17.8. The lowest BCUT2D eigenvalue weighted by Crippen LogP contribution is -2.33. The average Bonchev–Trinajstić information content (AvgIpc) is 2.83. The summed E-state index contributed by atoms with van der Waals surface area (Å²) in [7, 11) is 0. The highest BCUT2D eigenvalue weighted by atomic mass is 79.9. The number of anilines is 1. The molecule has 1 fully saturated rings. The molecule has 0 radical (unpaired) electrons. The molecule has 1 atom stereocenters. The van der Waals surface area contributed by atoms with E-state index in [1.807, 2.05) is 6.07 Å². The van der Waals surface area contributed by atoms with Crippen LogP contribution in [0.3, 0.4) is 0 Å². The van der Waals surface area contributed by atoms with Gasteiger partial charge in [0.15, 0.2) is 0 Å². The highest BCUT2D eigenvalue weighted by Gasteiger charge is 2.31. The summed E-state index contributed by atoms with van der Waals surface area (Å²) in [5.41, 5.74) is 1.75. The molecule has 3 rings (SSSR count). The van der Waals surface area contributed by atoms with Gasteiger partial charge in [-0.25, -0.2) is 4.39 Å². The lowest BCUT2D eigenvalue weighted by atomic mass is 10.2. The summed E-state index contributed by atoms with van der Waals surface area (Å²) in [5.74, 6) is -0.206. The number of aromatic nitrogens is 1. The third-order valence-corrected chi connectivity index (χ3v) is 4.06. The minimum atomic E-state index is -0.266. The Morgan fingerprint density at radius 3 is 2.82 bits per heavy atom. The van der Waals surface area contributed by atoms with Crippen LogP contribution in [0.1, 0.15) is 12.0 Å². The molecule has 4 nitrogen and oxygen atoms in total. The number of benzene rings is 1. The molecule has 6 heteroatoms. The second kappa shape index (κ2) is 6.44. The van der Waals surface area contributed by atoms with Crippen LogP contribution in [0, 0.1) is 5.82 Å². The minimum Gasteiger partial charge on any atom is -0.372 e. The maximum absolute atomic E-state index is 12.9. The van der Waals surface area contributed by atoms with Gasteiger partial charge in [-0.05, 0) is 46.1 Å². The zero-order valence-corrected chi connectivity index (χ0v) is 13.4. The van der Waals surface area contributed by atoms with Gasteiger partial charge in [-0.1, -0.05) is 12.1 Å². The first-order valence-electron chi connectivity index (χ1n) is 7.02. The maximum Gasteiger partial charge on any atom is 0.245 e. The van der Waals surface area contributed by atoms with E-state index in [2.05, 4.69) is 26.2 Å². The van der Waals surface area contributed by atoms with Gasteiger partial charge in [-0.2, -0.15) is 0 Å². The third kappa shape index (κ3) is 3.44. The van der Waals surface area contributed by atoms with Gasteiger partial charge >= 0.3 is 0 Å². The van der Waals surface area contributed by atoms with E-state index in [1.165, 1.54) is 12.1 Å². The van der Waals surface area contributed by atoms with Gasteiger partial charge in [0.05, 0.1) is 11.9 Å². The highest BCUT2D eigenvalue weighted by molar-refractivity contribution is 9.10. The zero-order valence-electron chi connectivity index (χ0n) is 11.8. The maximum atomic E-state index is 12.9. The molecular weight excluding hydrogens is 349 g/mol. The van der Waals surface area contributed by atoms with Crippen molar-refractivity contribution in [3.63, 3.8) is 0 Å². The monoisotopic (exact) mass is 363 g/mol. The minimum absolute atomic E-state index is 0.0595. The van der Waals surface area contributed by atoms with Crippen molar-refractivity contribution in [3.05, 3.63) is 58.6 Å². The summed E-state index contributed by atoms with van der Waals surface area (Å²) in [4.78, 5) is 18.3. The summed E-state index contributed by atoms with van der Waals surface area (Å²) >= 11 is 3.36. The number of carbonyl (C=O) groups is 1. The van der Waals surface area contributed by atoms with Crippen molar-refractivity contribution in [2.45, 2.75) is 19.0 Å². The topological polar surface area (TPSA) is 45.2 Å². The predicted molar refractivity (Wildman–Crippen MR) is 85.8 cm³/mol. The number of halogens is 2. The van der Waals surface area contributed by atoms with Crippen LogP contribution in [0.2, 0.25) is 0 Å². The van der Waals surface area contributed by atoms with Gasteiger partial charge in [0, 0.05) is 23.8 Å². The molecule has 22 heavy (non-hydrogen) atoms. The predicted octanol–water partition coefficient (Wildman–Crippen LogP) is 3.20. The number of rotatable bonds is 4. The Labute approximate surface area is 136 Å². The van der Waals surface area contributed by atoms with E-state index in [-0.39, 0.29) is 17.8 Å². The Morgan fingerprint density at radius 2 is 2.09 bits per heavy atom. The van der Waals surface area contributed by atoms with E-state index in [9.17, 15) is 9.18 Å². The second-order valence-corrected chi connectivity index (χ2v) is 6.18. The summed E-state index contributed by atoms with van der Waals surface area (Å²) in [6.45, 7) is 1.20. The molecule has 0 aliphatic carbocycles. The summed E-state index contributed by atoms with van der Waals surface area (Å²) in [6, 6.07) is 7.90. The molecule has 1 aliphatic rings. The first-order chi connectivity index (χ1) is 10.6. The quantitative estimate of drug-likeness (QED) is 0.906. The fourth-order valence-corrected chi connectivity index (χ4v) is 2.90. The Kier molecular flexibility index (Phi) is 4.38. The van der Waals surface area contributed by atoms with Crippen molar-refractivity contribution < 1.29 is 9.18 Å². The van der Waals surface area contributed by atoms with Crippen molar-refractivity contribution in [1.29, 1.82) is 0 Å². The molecule has 0 spiro atoms. The van der Waals surface area contributed by atoms with Crippen LogP contribution in [-0.2, 0) is 11.3 Å². The summed E-state index contributed by atoms with van der Waals surface area (Å²) < 4.78 is 13.8. The van der Waals surface area contributed by atoms with Crippen LogP contribution < -0.4 is 5.32 Å². The van der Waals surface area contributed by atoms with Crippen molar-refractivity contribution in [2.24, 2.45) is 0 Å². The van der Waals surface area contributed by atoms with Crippen LogP contribution in [0.4, 0.5) is 10.1 Å². The van der Waals surface area contributed by atoms with E-state index in [1.54, 1.807) is 29.4 Å². The van der Waals surface area contributed by atoms with Gasteiger partial charge in [0.1, 0.15) is 11.9 Å². The van der Waals surface area contributed by atoms with Gasteiger partial charge in [0.2, 0.25) is 5.91 Å². The molecule has 1 aromatic heterocycles. The van der Waals surface area contributed by atoms with Crippen molar-refractivity contribution in [2.75, 3.05) is 11.9 Å². The second-order valence-electron chi connectivity index (χ2n) is 5.26. The standard InChI is InChI=1S/C16H15BrFN3O/c17-12-7-14(9-19-8-12)20-15-5-6-21(16(15)22)10-11-1-3-13(18)4-2-11/h1-4,7-9,15,20H,5-6,10H2. The molecule has 1 N–H and O–H groups in total. The Hall–Kier alpha value is -1.95. The number of pyridine rings is 1. The molecule has 1 aliphatic heterocycles. The number of likely N-dealkylation sites (tertiary alicyclic amines) is 1. The number of carbonyl (C=O) groups excluding carboxylic acids is 1. The van der Waals surface area contributed by atoms with Gasteiger partial charge in [-0.15, -0.1) is 0 Å². The molecule has 1 saturated heterocycles. The Bertz CT molecular complexity index is 677. The Balaban J connectivity index is 1.63. The largest absolute Gasteiger partial charge is 0.372 e. The Morgan fingerprint density at radius 1 is 1.32 bits per heavy atom. The fourth-order valence-electron chi connectivity index (χ4n) is 2.53. The number of nitrogens with zero attached hydrogens (tertiary/aromatic N) is 2. The highest BCUT2D eigenvalue weighted by Crippen LogP contribution is 2.21. The van der Waals surface area contributed by atoms with Gasteiger partial charge in [0.25, 0.3) is 0 Å². The molecule has 1 unspecified atom stereocenters. The van der Waals surface area contributed by atoms with E-state index < -0.39 is 0 Å². The number of nitrogens with one attached hydrogen (secondary N) is 1. The SMILES string of the molecule is O=C1C(Nc2cncc(Br)c2)CCN1Cc1ccc(F)cc1. The molecule has 0 bridgehead atoms. The van der Waals surface area contributed by atoms with Crippen LogP contribution >= 0.6 is 15.9 Å². The van der Waals surface area contributed by atoms with Crippen molar-refractivity contribution in [1.82, 2.24) is 9.88 Å². The molecule has 2 aromatic rings.